The fourth-order valence-corrected chi connectivity index (χ4v) is 3.18. The molecule has 1 fully saturated rings. The van der Waals surface area contributed by atoms with Crippen LogP contribution in [0.5, 0.6) is 0 Å². The lowest BCUT2D eigenvalue weighted by Crippen LogP contribution is -2.55. The second-order valence-corrected chi connectivity index (χ2v) is 7.28. The molecule has 4 atom stereocenters. The van der Waals surface area contributed by atoms with Gasteiger partial charge in [-0.3, -0.25) is 9.59 Å². The molecule has 1 amide bonds. The number of nitrogens with two attached hydrogens (primary N) is 1. The molecule has 0 aromatic rings. The minimum absolute atomic E-state index is 0.0144. The molecule has 0 aromatic heterocycles. The Morgan fingerprint density at radius 2 is 1.95 bits per heavy atom. The van der Waals surface area contributed by atoms with Crippen LogP contribution in [-0.2, 0) is 9.59 Å². The van der Waals surface area contributed by atoms with Gasteiger partial charge in [0.15, 0.2) is 0 Å². The van der Waals surface area contributed by atoms with Crippen LogP contribution in [0.25, 0.3) is 0 Å². The highest BCUT2D eigenvalue weighted by Crippen LogP contribution is 2.45. The highest BCUT2D eigenvalue weighted by molar-refractivity contribution is 5.82. The Morgan fingerprint density at radius 1 is 1.38 bits per heavy atom. The number of aliphatic carboxylic acids is 1. The molecule has 0 bridgehead atoms. The fraction of sp³-hybridized carbons (Fsp3) is 0.875. The summed E-state index contributed by atoms with van der Waals surface area (Å²) in [7, 11) is 0. The van der Waals surface area contributed by atoms with Crippen molar-refractivity contribution in [1.29, 1.82) is 0 Å². The third-order valence-corrected chi connectivity index (χ3v) is 5.84. The van der Waals surface area contributed by atoms with Crippen molar-refractivity contribution in [3.63, 3.8) is 0 Å². The van der Waals surface area contributed by atoms with Crippen molar-refractivity contribution < 1.29 is 14.7 Å². The quantitative estimate of drug-likeness (QED) is 0.724. The van der Waals surface area contributed by atoms with Crippen molar-refractivity contribution in [2.45, 2.75) is 59.9 Å². The standard InChI is InChI=1S/C16H30N2O3/c1-6-16(5,9-17)14(21)18-12-8-7-11(13(19)20)15(3,4)10(12)2/h10-12H,6-9,17H2,1-5H3,(H,18,21)(H,19,20). The summed E-state index contributed by atoms with van der Waals surface area (Å²) in [4.78, 5) is 23.9. The summed E-state index contributed by atoms with van der Waals surface area (Å²) < 4.78 is 0. The molecule has 1 saturated carbocycles. The lowest BCUT2D eigenvalue weighted by atomic mass is 9.61. The molecule has 5 heteroatoms. The van der Waals surface area contributed by atoms with Gasteiger partial charge < -0.3 is 16.2 Å². The Balaban J connectivity index is 2.84. The first-order valence-corrected chi connectivity index (χ1v) is 7.84. The van der Waals surface area contributed by atoms with E-state index in [0.29, 0.717) is 25.8 Å². The normalized spacial score (nSPS) is 31.2. The molecule has 1 rings (SSSR count). The van der Waals surface area contributed by atoms with Crippen LogP contribution in [0.1, 0.15) is 53.9 Å². The van der Waals surface area contributed by atoms with Crippen LogP contribution in [0, 0.1) is 22.7 Å². The van der Waals surface area contributed by atoms with Gasteiger partial charge in [-0.05, 0) is 37.5 Å². The van der Waals surface area contributed by atoms with E-state index in [1.165, 1.54) is 0 Å². The summed E-state index contributed by atoms with van der Waals surface area (Å²) >= 11 is 0. The van der Waals surface area contributed by atoms with Gasteiger partial charge >= 0.3 is 5.97 Å². The monoisotopic (exact) mass is 298 g/mol. The van der Waals surface area contributed by atoms with Gasteiger partial charge in [0.2, 0.25) is 5.91 Å². The van der Waals surface area contributed by atoms with Crippen LogP contribution >= 0.6 is 0 Å². The van der Waals surface area contributed by atoms with E-state index in [1.807, 2.05) is 34.6 Å². The fourth-order valence-electron chi connectivity index (χ4n) is 3.18. The van der Waals surface area contributed by atoms with E-state index in [9.17, 15) is 14.7 Å². The summed E-state index contributed by atoms with van der Waals surface area (Å²) in [5.41, 5.74) is 4.85. The summed E-state index contributed by atoms with van der Waals surface area (Å²) in [5, 5.41) is 12.5. The van der Waals surface area contributed by atoms with Crippen molar-refractivity contribution in [2.75, 3.05) is 6.54 Å². The molecule has 1 aliphatic carbocycles. The Hall–Kier alpha value is -1.10. The van der Waals surface area contributed by atoms with Gasteiger partial charge in [-0.25, -0.2) is 0 Å². The van der Waals surface area contributed by atoms with Crippen molar-refractivity contribution in [1.82, 2.24) is 5.32 Å². The highest BCUT2D eigenvalue weighted by Gasteiger charge is 2.47. The third-order valence-electron chi connectivity index (χ3n) is 5.84. The Labute approximate surface area is 127 Å². The lowest BCUT2D eigenvalue weighted by molar-refractivity contribution is -0.150. The summed E-state index contributed by atoms with van der Waals surface area (Å²) in [6.45, 7) is 10.2. The molecule has 4 unspecified atom stereocenters. The van der Waals surface area contributed by atoms with E-state index < -0.39 is 11.4 Å². The lowest BCUT2D eigenvalue weighted by Gasteiger charge is -2.47. The number of hydrogen-bond acceptors (Lipinski definition) is 3. The Bertz CT molecular complexity index is 402. The van der Waals surface area contributed by atoms with Crippen LogP contribution in [0.3, 0.4) is 0 Å². The highest BCUT2D eigenvalue weighted by atomic mass is 16.4. The van der Waals surface area contributed by atoms with Crippen LogP contribution in [-0.4, -0.2) is 29.6 Å². The number of carbonyl (C=O) groups is 2. The number of carboxylic acids is 1. The first-order valence-electron chi connectivity index (χ1n) is 7.84. The molecule has 4 N–H and O–H groups in total. The second kappa shape index (κ2) is 6.34. The van der Waals surface area contributed by atoms with Crippen LogP contribution in [0.15, 0.2) is 0 Å². The number of carbonyl (C=O) groups excluding carboxylic acids is 1. The smallest absolute Gasteiger partial charge is 0.307 e. The molecular weight excluding hydrogens is 268 g/mol. The zero-order valence-corrected chi connectivity index (χ0v) is 13.9. The van der Waals surface area contributed by atoms with Crippen molar-refractivity contribution in [3.05, 3.63) is 0 Å². The van der Waals surface area contributed by atoms with Gasteiger partial charge in [0.25, 0.3) is 0 Å². The van der Waals surface area contributed by atoms with Gasteiger partial charge in [-0.2, -0.15) is 0 Å². The first kappa shape index (κ1) is 18.0. The molecule has 0 radical (unpaired) electrons. The van der Waals surface area contributed by atoms with E-state index >= 15 is 0 Å². The molecule has 5 nitrogen and oxygen atoms in total. The van der Waals surface area contributed by atoms with E-state index in [4.69, 9.17) is 5.73 Å². The maximum atomic E-state index is 12.5. The van der Waals surface area contributed by atoms with Crippen LogP contribution < -0.4 is 11.1 Å². The average Bonchev–Trinajstić information content (AvgIpc) is 2.42. The number of carboxylic acid groups (broad SMARTS) is 1. The van der Waals surface area contributed by atoms with Gasteiger partial charge in [0.1, 0.15) is 0 Å². The summed E-state index contributed by atoms with van der Waals surface area (Å²) in [6, 6.07) is 0.0144. The molecule has 0 saturated heterocycles. The summed E-state index contributed by atoms with van der Waals surface area (Å²) in [5.74, 6) is -1.01. The molecule has 0 heterocycles. The number of hydrogen-bond donors (Lipinski definition) is 3. The van der Waals surface area contributed by atoms with E-state index in [1.54, 1.807) is 0 Å². The first-order chi connectivity index (χ1) is 9.60. The third kappa shape index (κ3) is 3.39. The van der Waals surface area contributed by atoms with Crippen molar-refractivity contribution >= 4 is 11.9 Å². The predicted octanol–water partition coefficient (Wildman–Crippen LogP) is 2.00. The van der Waals surface area contributed by atoms with Crippen molar-refractivity contribution in [2.24, 2.45) is 28.4 Å². The number of rotatable bonds is 5. The van der Waals surface area contributed by atoms with Gasteiger partial charge in [-0.15, -0.1) is 0 Å². The second-order valence-electron chi connectivity index (χ2n) is 7.28. The predicted molar refractivity (Wildman–Crippen MR) is 82.7 cm³/mol. The Morgan fingerprint density at radius 3 is 2.38 bits per heavy atom. The molecule has 21 heavy (non-hydrogen) atoms. The van der Waals surface area contributed by atoms with E-state index in [2.05, 4.69) is 5.32 Å². The van der Waals surface area contributed by atoms with Gasteiger partial charge in [0, 0.05) is 12.6 Å². The molecule has 1 aliphatic rings. The minimum atomic E-state index is -0.739. The molecule has 0 aliphatic heterocycles. The molecule has 0 aromatic carbocycles. The SMILES string of the molecule is CCC(C)(CN)C(=O)NC1CCC(C(=O)O)C(C)(C)C1C. The number of nitrogens with one attached hydrogen (secondary N) is 1. The topological polar surface area (TPSA) is 92.4 Å². The molecule has 0 spiro atoms. The van der Waals surface area contributed by atoms with Crippen LogP contribution in [0.2, 0.25) is 0 Å². The number of amides is 1. The maximum Gasteiger partial charge on any atom is 0.307 e. The zero-order valence-electron chi connectivity index (χ0n) is 13.9. The average molecular weight is 298 g/mol. The minimum Gasteiger partial charge on any atom is -0.481 e. The van der Waals surface area contributed by atoms with Crippen LogP contribution in [0.4, 0.5) is 0 Å². The van der Waals surface area contributed by atoms with Gasteiger partial charge in [0.05, 0.1) is 11.3 Å². The van der Waals surface area contributed by atoms with E-state index in [-0.39, 0.29) is 29.2 Å². The largest absolute Gasteiger partial charge is 0.481 e. The van der Waals surface area contributed by atoms with Gasteiger partial charge in [-0.1, -0.05) is 27.7 Å². The molecule has 122 valence electrons. The zero-order chi connectivity index (χ0) is 16.4. The molecular formula is C16H30N2O3. The van der Waals surface area contributed by atoms with E-state index in [0.717, 1.165) is 0 Å². The maximum absolute atomic E-state index is 12.5. The summed E-state index contributed by atoms with van der Waals surface area (Å²) in [6.07, 6.45) is 2.00. The Kier molecular flexibility index (Phi) is 5.42. The van der Waals surface area contributed by atoms with Crippen molar-refractivity contribution in [3.8, 4) is 0 Å².